The van der Waals surface area contributed by atoms with E-state index in [9.17, 15) is 0 Å². The Labute approximate surface area is 277 Å². The molecule has 0 aliphatic rings. The molecule has 10 rings (SSSR count). The molecule has 1 heterocycles. The average Bonchev–Trinajstić information content (AvgIpc) is 3.53. The lowest BCUT2D eigenvalue weighted by Gasteiger charge is -2.28. The quantitative estimate of drug-likeness (QED) is 0.184. The first-order valence-corrected chi connectivity index (χ1v) is 16.4. The van der Waals surface area contributed by atoms with Crippen LogP contribution in [-0.2, 0) is 0 Å². The zero-order valence-corrected chi connectivity index (χ0v) is 26.1. The summed E-state index contributed by atoms with van der Waals surface area (Å²) in [6, 6.07) is 63.4. The first-order chi connectivity index (χ1) is 23.8. The molecule has 0 N–H and O–H groups in total. The summed E-state index contributed by atoms with van der Waals surface area (Å²) < 4.78 is 6.26. The van der Waals surface area contributed by atoms with Gasteiger partial charge in [0.05, 0.1) is 5.69 Å². The van der Waals surface area contributed by atoms with Gasteiger partial charge in [0.25, 0.3) is 0 Å². The summed E-state index contributed by atoms with van der Waals surface area (Å²) >= 11 is 0. The molecule has 9 aromatic carbocycles. The fourth-order valence-electron chi connectivity index (χ4n) is 7.59. The Morgan fingerprint density at radius 1 is 0.354 bits per heavy atom. The van der Waals surface area contributed by atoms with Crippen molar-refractivity contribution in [1.82, 2.24) is 0 Å². The van der Waals surface area contributed by atoms with Crippen molar-refractivity contribution in [1.29, 1.82) is 0 Å². The fourth-order valence-corrected chi connectivity index (χ4v) is 7.59. The van der Waals surface area contributed by atoms with Gasteiger partial charge in [0, 0.05) is 27.5 Å². The van der Waals surface area contributed by atoms with Gasteiger partial charge < -0.3 is 9.32 Å². The molecule has 0 saturated carbocycles. The van der Waals surface area contributed by atoms with Crippen molar-refractivity contribution in [2.75, 3.05) is 4.90 Å². The molecule has 224 valence electrons. The normalized spacial score (nSPS) is 11.8. The number of hydrogen-bond donors (Lipinski definition) is 0. The fraction of sp³-hybridized carbons (Fsp3) is 0. The van der Waals surface area contributed by atoms with Gasteiger partial charge >= 0.3 is 0 Å². The largest absolute Gasteiger partial charge is 0.456 e. The Kier molecular flexibility index (Phi) is 5.91. The van der Waals surface area contributed by atoms with E-state index in [1.54, 1.807) is 0 Å². The van der Waals surface area contributed by atoms with E-state index in [2.05, 4.69) is 169 Å². The highest BCUT2D eigenvalue weighted by molar-refractivity contribution is 6.24. The van der Waals surface area contributed by atoms with E-state index < -0.39 is 0 Å². The van der Waals surface area contributed by atoms with Crippen LogP contribution in [0.5, 0.6) is 0 Å². The number of hydrogen-bond acceptors (Lipinski definition) is 2. The highest BCUT2D eigenvalue weighted by atomic mass is 16.3. The Bertz CT molecular complexity index is 2830. The Morgan fingerprint density at radius 3 is 1.77 bits per heavy atom. The van der Waals surface area contributed by atoms with Crippen molar-refractivity contribution in [3.05, 3.63) is 176 Å². The van der Waals surface area contributed by atoms with Crippen molar-refractivity contribution in [2.24, 2.45) is 0 Å². The van der Waals surface area contributed by atoms with Crippen molar-refractivity contribution in [2.45, 2.75) is 0 Å². The van der Waals surface area contributed by atoms with Crippen LogP contribution in [0.4, 0.5) is 17.1 Å². The van der Waals surface area contributed by atoms with E-state index >= 15 is 0 Å². The molecule has 2 nitrogen and oxygen atoms in total. The zero-order valence-electron chi connectivity index (χ0n) is 26.1. The Morgan fingerprint density at radius 2 is 0.938 bits per heavy atom. The molecule has 48 heavy (non-hydrogen) atoms. The van der Waals surface area contributed by atoms with E-state index in [-0.39, 0.29) is 0 Å². The van der Waals surface area contributed by atoms with Crippen molar-refractivity contribution < 1.29 is 4.42 Å². The summed E-state index contributed by atoms with van der Waals surface area (Å²) in [5.41, 5.74) is 7.53. The second-order valence-electron chi connectivity index (χ2n) is 12.5. The first kappa shape index (κ1) is 26.8. The second kappa shape index (κ2) is 10.6. The van der Waals surface area contributed by atoms with Crippen LogP contribution < -0.4 is 4.90 Å². The third-order valence-corrected chi connectivity index (χ3v) is 9.81. The number of rotatable bonds is 4. The molecule has 0 radical (unpaired) electrons. The molecule has 0 amide bonds. The van der Waals surface area contributed by atoms with E-state index in [1.165, 1.54) is 54.2 Å². The van der Waals surface area contributed by atoms with Crippen LogP contribution in [-0.4, -0.2) is 0 Å². The lowest BCUT2D eigenvalue weighted by atomic mass is 9.94. The van der Waals surface area contributed by atoms with Crippen LogP contribution >= 0.6 is 0 Å². The van der Waals surface area contributed by atoms with Gasteiger partial charge in [-0.05, 0) is 91.3 Å². The molecule has 0 fully saturated rings. The summed E-state index contributed by atoms with van der Waals surface area (Å²) in [4.78, 5) is 2.41. The van der Waals surface area contributed by atoms with Crippen LogP contribution in [0.1, 0.15) is 0 Å². The van der Waals surface area contributed by atoms with Crippen molar-refractivity contribution in [3.8, 4) is 11.1 Å². The number of benzene rings is 9. The minimum Gasteiger partial charge on any atom is -0.456 e. The molecule has 0 atom stereocenters. The lowest BCUT2D eigenvalue weighted by Crippen LogP contribution is -2.10. The molecular formula is C46H29NO. The molecule has 0 aliphatic carbocycles. The van der Waals surface area contributed by atoms with Crippen LogP contribution in [0.2, 0.25) is 0 Å². The van der Waals surface area contributed by atoms with E-state index in [0.29, 0.717) is 0 Å². The summed E-state index contributed by atoms with van der Waals surface area (Å²) in [7, 11) is 0. The summed E-state index contributed by atoms with van der Waals surface area (Å²) in [5, 5.41) is 12.2. The van der Waals surface area contributed by atoms with Crippen molar-refractivity contribution >= 4 is 82.1 Å². The zero-order chi connectivity index (χ0) is 31.6. The molecule has 0 bridgehead atoms. The average molecular weight is 612 g/mol. The van der Waals surface area contributed by atoms with Gasteiger partial charge in [-0.15, -0.1) is 0 Å². The first-order valence-electron chi connectivity index (χ1n) is 16.4. The smallest absolute Gasteiger partial charge is 0.135 e. The predicted octanol–water partition coefficient (Wildman–Crippen LogP) is 13.3. The highest BCUT2D eigenvalue weighted by Crippen LogP contribution is 2.45. The van der Waals surface area contributed by atoms with Gasteiger partial charge in [0.15, 0.2) is 0 Å². The van der Waals surface area contributed by atoms with Gasteiger partial charge in [-0.1, -0.05) is 133 Å². The monoisotopic (exact) mass is 611 g/mol. The van der Waals surface area contributed by atoms with E-state index in [0.717, 1.165) is 39.0 Å². The van der Waals surface area contributed by atoms with Gasteiger partial charge in [-0.25, -0.2) is 0 Å². The van der Waals surface area contributed by atoms with Gasteiger partial charge in [0.1, 0.15) is 11.2 Å². The maximum absolute atomic E-state index is 6.26. The topological polar surface area (TPSA) is 16.4 Å². The standard InChI is InChI=1S/C46H29NO/c1-3-13-37-30(9-1)11-7-16-38(37)32-23-25-35(26-24-32)47(36-27-28-44-41(29-36)40-15-5-6-18-43(40)48-44)42-17-8-12-33-21-22-34-20-19-31-10-2-4-14-39(31)45(34)46(33)42/h1-29H. The van der Waals surface area contributed by atoms with Crippen LogP contribution in [0.3, 0.4) is 0 Å². The maximum atomic E-state index is 6.26. The summed E-state index contributed by atoms with van der Waals surface area (Å²) in [6.07, 6.45) is 0. The Hall–Kier alpha value is -6.38. The van der Waals surface area contributed by atoms with E-state index in [1.807, 2.05) is 12.1 Å². The van der Waals surface area contributed by atoms with Crippen molar-refractivity contribution in [3.63, 3.8) is 0 Å². The van der Waals surface area contributed by atoms with E-state index in [4.69, 9.17) is 4.42 Å². The van der Waals surface area contributed by atoms with Gasteiger partial charge in [-0.2, -0.15) is 0 Å². The molecular weight excluding hydrogens is 583 g/mol. The molecule has 10 aromatic rings. The molecule has 1 aromatic heterocycles. The third-order valence-electron chi connectivity index (χ3n) is 9.81. The highest BCUT2D eigenvalue weighted by Gasteiger charge is 2.20. The number of fused-ring (bicyclic) bond motifs is 9. The Balaban J connectivity index is 1.25. The summed E-state index contributed by atoms with van der Waals surface area (Å²) in [6.45, 7) is 0. The van der Waals surface area contributed by atoms with Crippen LogP contribution in [0, 0.1) is 0 Å². The van der Waals surface area contributed by atoms with Gasteiger partial charge in [-0.3, -0.25) is 0 Å². The molecule has 0 spiro atoms. The van der Waals surface area contributed by atoms with Crippen LogP contribution in [0.15, 0.2) is 180 Å². The SMILES string of the molecule is c1ccc2c(-c3ccc(N(c4ccc5oc6ccccc6c5c4)c4cccc5ccc6ccc7ccccc7c6c45)cc3)cccc2c1. The summed E-state index contributed by atoms with van der Waals surface area (Å²) in [5.74, 6) is 0. The molecule has 2 heteroatoms. The van der Waals surface area contributed by atoms with Crippen LogP contribution in [0.25, 0.3) is 76.2 Å². The number of furan rings is 1. The molecule has 0 saturated heterocycles. The minimum absolute atomic E-state index is 0.889. The number of para-hydroxylation sites is 1. The third kappa shape index (κ3) is 4.13. The second-order valence-corrected chi connectivity index (χ2v) is 12.5. The maximum Gasteiger partial charge on any atom is 0.135 e. The molecule has 0 aliphatic heterocycles. The minimum atomic E-state index is 0.889. The predicted molar refractivity (Wildman–Crippen MR) is 204 cm³/mol. The number of nitrogens with zero attached hydrogens (tertiary/aromatic N) is 1. The number of anilines is 3. The van der Waals surface area contributed by atoms with Gasteiger partial charge in [0.2, 0.25) is 0 Å². The molecule has 0 unspecified atom stereocenters. The lowest BCUT2D eigenvalue weighted by molar-refractivity contribution is 0.669.